The minimum Gasteiger partial charge on any atom is -0.504 e. The van der Waals surface area contributed by atoms with E-state index in [1.54, 1.807) is 18.2 Å². The average molecular weight is 252 g/mol. The summed E-state index contributed by atoms with van der Waals surface area (Å²) in [6, 6.07) is 4.90. The number of hydrogen-bond donors (Lipinski definition) is 1. The van der Waals surface area contributed by atoms with E-state index in [1.165, 1.54) is 7.11 Å². The maximum Gasteiger partial charge on any atom is 0.205 e. The minimum atomic E-state index is -0.272. The fourth-order valence-corrected chi connectivity index (χ4v) is 2.42. The molecule has 2 aliphatic rings. The number of ether oxygens (including phenoxy) is 4. The van der Waals surface area contributed by atoms with Crippen LogP contribution in [0.1, 0.15) is 0 Å². The Kier molecular flexibility index (Phi) is 3.01. The van der Waals surface area contributed by atoms with Gasteiger partial charge in [0.1, 0.15) is 5.75 Å². The molecule has 1 aromatic carbocycles. The topological polar surface area (TPSA) is 57.2 Å². The van der Waals surface area contributed by atoms with E-state index in [9.17, 15) is 5.11 Å². The molecule has 2 saturated heterocycles. The lowest BCUT2D eigenvalue weighted by atomic mass is 9.99. The molecule has 0 spiro atoms. The molecule has 0 aliphatic carbocycles. The van der Waals surface area contributed by atoms with Crippen molar-refractivity contribution in [3.05, 3.63) is 18.2 Å². The van der Waals surface area contributed by atoms with Crippen LogP contribution < -0.4 is 9.47 Å². The standard InChI is InChI=1S/C13H16O5/c1-15-12-4-9(2-3-11(12)14)18-13-10-7-16-5-8(10)6-17-13/h2-4,8,10,13-14H,5-7H2,1H3. The number of benzene rings is 1. The summed E-state index contributed by atoms with van der Waals surface area (Å²) in [5.74, 6) is 1.85. The van der Waals surface area contributed by atoms with Crippen LogP contribution in [0.4, 0.5) is 0 Å². The van der Waals surface area contributed by atoms with Crippen LogP contribution in [0.5, 0.6) is 17.2 Å². The van der Waals surface area contributed by atoms with Gasteiger partial charge in [-0.1, -0.05) is 0 Å². The Morgan fingerprint density at radius 2 is 2.17 bits per heavy atom. The first-order valence-corrected chi connectivity index (χ1v) is 6.01. The predicted molar refractivity (Wildman–Crippen MR) is 62.8 cm³/mol. The molecule has 2 fully saturated rings. The Balaban J connectivity index is 1.72. The highest BCUT2D eigenvalue weighted by Crippen LogP contribution is 2.36. The van der Waals surface area contributed by atoms with Gasteiger partial charge in [-0.3, -0.25) is 0 Å². The van der Waals surface area contributed by atoms with E-state index in [4.69, 9.17) is 18.9 Å². The van der Waals surface area contributed by atoms with Crippen molar-refractivity contribution < 1.29 is 24.1 Å². The van der Waals surface area contributed by atoms with Gasteiger partial charge in [-0.2, -0.15) is 0 Å². The van der Waals surface area contributed by atoms with E-state index in [2.05, 4.69) is 0 Å². The van der Waals surface area contributed by atoms with Crippen molar-refractivity contribution in [1.82, 2.24) is 0 Å². The average Bonchev–Trinajstić information content (AvgIpc) is 2.96. The SMILES string of the molecule is COc1cc(OC2OCC3COCC32)ccc1O. The Morgan fingerprint density at radius 3 is 3.00 bits per heavy atom. The fraction of sp³-hybridized carbons (Fsp3) is 0.538. The number of methoxy groups -OCH3 is 1. The largest absolute Gasteiger partial charge is 0.504 e. The molecule has 5 heteroatoms. The maximum absolute atomic E-state index is 9.51. The predicted octanol–water partition coefficient (Wildman–Crippen LogP) is 1.40. The molecule has 0 radical (unpaired) electrons. The first-order chi connectivity index (χ1) is 8.78. The van der Waals surface area contributed by atoms with Crippen LogP contribution >= 0.6 is 0 Å². The minimum absolute atomic E-state index is 0.0965. The third-order valence-corrected chi connectivity index (χ3v) is 3.48. The van der Waals surface area contributed by atoms with Crippen molar-refractivity contribution in [1.29, 1.82) is 0 Å². The fourth-order valence-electron chi connectivity index (χ4n) is 2.42. The summed E-state index contributed by atoms with van der Waals surface area (Å²) in [5.41, 5.74) is 0. The summed E-state index contributed by atoms with van der Waals surface area (Å²) in [5, 5.41) is 9.51. The van der Waals surface area contributed by atoms with Crippen molar-refractivity contribution >= 4 is 0 Å². The van der Waals surface area contributed by atoms with Gasteiger partial charge in [0, 0.05) is 12.0 Å². The Labute approximate surface area is 105 Å². The molecule has 98 valence electrons. The van der Waals surface area contributed by atoms with Crippen molar-refractivity contribution in [2.24, 2.45) is 11.8 Å². The molecule has 3 atom stereocenters. The molecule has 3 rings (SSSR count). The molecule has 3 unspecified atom stereocenters. The lowest BCUT2D eigenvalue weighted by Gasteiger charge is -2.18. The Hall–Kier alpha value is -1.46. The second kappa shape index (κ2) is 4.66. The molecular formula is C13H16O5. The van der Waals surface area contributed by atoms with Crippen LogP contribution in [-0.4, -0.2) is 38.3 Å². The molecule has 1 N–H and O–H groups in total. The van der Waals surface area contributed by atoms with Crippen LogP contribution in [0.25, 0.3) is 0 Å². The highest BCUT2D eigenvalue weighted by Gasteiger charge is 2.42. The van der Waals surface area contributed by atoms with Gasteiger partial charge in [-0.05, 0) is 12.1 Å². The Morgan fingerprint density at radius 1 is 1.28 bits per heavy atom. The highest BCUT2D eigenvalue weighted by molar-refractivity contribution is 5.44. The highest BCUT2D eigenvalue weighted by atomic mass is 16.7. The van der Waals surface area contributed by atoms with E-state index in [0.717, 1.165) is 6.61 Å². The van der Waals surface area contributed by atoms with Crippen molar-refractivity contribution in [3.8, 4) is 17.2 Å². The summed E-state index contributed by atoms with van der Waals surface area (Å²) in [6.07, 6.45) is -0.272. The number of rotatable bonds is 3. The summed E-state index contributed by atoms with van der Waals surface area (Å²) < 4.78 is 21.9. The lowest BCUT2D eigenvalue weighted by Crippen LogP contribution is -2.25. The monoisotopic (exact) mass is 252 g/mol. The first kappa shape index (κ1) is 11.6. The zero-order chi connectivity index (χ0) is 12.5. The first-order valence-electron chi connectivity index (χ1n) is 6.01. The van der Waals surface area contributed by atoms with Crippen LogP contribution in [0.2, 0.25) is 0 Å². The molecule has 0 amide bonds. The van der Waals surface area contributed by atoms with E-state index < -0.39 is 0 Å². The van der Waals surface area contributed by atoms with E-state index in [1.807, 2.05) is 0 Å². The third-order valence-electron chi connectivity index (χ3n) is 3.48. The van der Waals surface area contributed by atoms with Gasteiger partial charge in [0.2, 0.25) is 6.29 Å². The zero-order valence-corrected chi connectivity index (χ0v) is 10.2. The normalized spacial score (nSPS) is 30.2. The van der Waals surface area contributed by atoms with Gasteiger partial charge >= 0.3 is 0 Å². The quantitative estimate of drug-likeness (QED) is 0.881. The van der Waals surface area contributed by atoms with Gasteiger partial charge in [-0.15, -0.1) is 0 Å². The summed E-state index contributed by atoms with van der Waals surface area (Å²) >= 11 is 0. The molecule has 0 bridgehead atoms. The number of fused-ring (bicyclic) bond motifs is 1. The van der Waals surface area contributed by atoms with Crippen molar-refractivity contribution in [3.63, 3.8) is 0 Å². The molecule has 2 aliphatic heterocycles. The summed E-state index contributed by atoms with van der Waals surface area (Å²) in [4.78, 5) is 0. The van der Waals surface area contributed by atoms with Crippen molar-refractivity contribution in [2.75, 3.05) is 26.9 Å². The van der Waals surface area contributed by atoms with Gasteiger partial charge in [0.15, 0.2) is 11.5 Å². The molecule has 1 aromatic rings. The van der Waals surface area contributed by atoms with Gasteiger partial charge in [0.05, 0.1) is 32.8 Å². The van der Waals surface area contributed by atoms with Gasteiger partial charge in [-0.25, -0.2) is 0 Å². The smallest absolute Gasteiger partial charge is 0.205 e. The number of aromatic hydroxyl groups is 1. The van der Waals surface area contributed by atoms with Crippen LogP contribution in [0, 0.1) is 11.8 Å². The second-order valence-corrected chi connectivity index (χ2v) is 4.61. The van der Waals surface area contributed by atoms with E-state index in [-0.39, 0.29) is 12.0 Å². The second-order valence-electron chi connectivity index (χ2n) is 4.61. The van der Waals surface area contributed by atoms with Crippen LogP contribution in [-0.2, 0) is 9.47 Å². The molecule has 18 heavy (non-hydrogen) atoms. The van der Waals surface area contributed by atoms with Gasteiger partial charge < -0.3 is 24.1 Å². The molecular weight excluding hydrogens is 236 g/mol. The number of phenols is 1. The zero-order valence-electron chi connectivity index (χ0n) is 10.2. The molecule has 5 nitrogen and oxygen atoms in total. The lowest BCUT2D eigenvalue weighted by molar-refractivity contribution is -0.0735. The third kappa shape index (κ3) is 2.00. The maximum atomic E-state index is 9.51. The molecule has 0 saturated carbocycles. The molecule has 2 heterocycles. The molecule has 0 aromatic heterocycles. The number of hydrogen-bond acceptors (Lipinski definition) is 5. The Bertz CT molecular complexity index is 433. The van der Waals surface area contributed by atoms with Crippen LogP contribution in [0.3, 0.4) is 0 Å². The van der Waals surface area contributed by atoms with E-state index >= 15 is 0 Å². The summed E-state index contributed by atoms with van der Waals surface area (Å²) in [6.45, 7) is 2.12. The summed E-state index contributed by atoms with van der Waals surface area (Å²) in [7, 11) is 1.51. The van der Waals surface area contributed by atoms with Crippen molar-refractivity contribution in [2.45, 2.75) is 6.29 Å². The van der Waals surface area contributed by atoms with E-state index in [0.29, 0.717) is 36.5 Å². The number of phenolic OH excluding ortho intramolecular Hbond substituents is 1. The van der Waals surface area contributed by atoms with Crippen LogP contribution in [0.15, 0.2) is 18.2 Å². The van der Waals surface area contributed by atoms with Gasteiger partial charge in [0.25, 0.3) is 0 Å².